The van der Waals surface area contributed by atoms with Crippen LogP contribution in [-0.2, 0) is 11.8 Å². The summed E-state index contributed by atoms with van der Waals surface area (Å²) in [6.07, 6.45) is 8.91. The van der Waals surface area contributed by atoms with E-state index in [0.717, 1.165) is 41.1 Å². The van der Waals surface area contributed by atoms with Gasteiger partial charge in [0, 0.05) is 29.6 Å². The maximum Gasteiger partial charge on any atom is 0.234 e. The lowest BCUT2D eigenvalue weighted by Crippen LogP contribution is -2.35. The van der Waals surface area contributed by atoms with Crippen molar-refractivity contribution in [1.82, 2.24) is 29.9 Å². The molecule has 1 aliphatic carbocycles. The van der Waals surface area contributed by atoms with E-state index in [4.69, 9.17) is 14.5 Å². The number of ether oxygens (including phenoxy) is 2. The van der Waals surface area contributed by atoms with Gasteiger partial charge in [-0.3, -0.25) is 0 Å². The third kappa shape index (κ3) is 4.14. The number of imidazole rings is 1. The van der Waals surface area contributed by atoms with Gasteiger partial charge in [-0.2, -0.15) is 9.98 Å². The average molecular weight is 512 g/mol. The number of fused-ring (bicyclic) bond motifs is 2. The molecule has 4 aromatic rings. The number of hydrogen-bond donors (Lipinski definition) is 2. The van der Waals surface area contributed by atoms with E-state index in [2.05, 4.69) is 63.0 Å². The number of allylic oxidation sites excluding steroid dienone is 1. The molecule has 0 aromatic carbocycles. The molecule has 6 heterocycles. The van der Waals surface area contributed by atoms with Crippen LogP contribution in [-0.4, -0.2) is 53.9 Å². The average Bonchev–Trinajstić information content (AvgIpc) is 3.24. The van der Waals surface area contributed by atoms with E-state index in [1.807, 2.05) is 23.7 Å². The third-order valence-electron chi connectivity index (χ3n) is 7.26. The molecule has 10 heteroatoms. The van der Waals surface area contributed by atoms with Crippen LogP contribution in [0.15, 0.2) is 47.4 Å². The summed E-state index contributed by atoms with van der Waals surface area (Å²) in [6.45, 7) is 7.96. The van der Waals surface area contributed by atoms with Gasteiger partial charge >= 0.3 is 0 Å². The molecule has 2 aliphatic heterocycles. The van der Waals surface area contributed by atoms with Crippen LogP contribution < -0.4 is 10.2 Å². The molecule has 38 heavy (non-hydrogen) atoms. The summed E-state index contributed by atoms with van der Waals surface area (Å²) < 4.78 is 15.8. The fraction of sp³-hybridized carbons (Fsp3) is 0.393. The van der Waals surface area contributed by atoms with Gasteiger partial charge in [-0.1, -0.05) is 25.5 Å². The quantitative estimate of drug-likeness (QED) is 0.379. The molecular weight excluding hydrogens is 480 g/mol. The summed E-state index contributed by atoms with van der Waals surface area (Å²) in [7, 11) is 1.94. The number of hydrazone groups is 1. The van der Waals surface area contributed by atoms with Crippen LogP contribution in [0.1, 0.15) is 51.6 Å². The van der Waals surface area contributed by atoms with E-state index in [1.165, 1.54) is 24.2 Å². The molecule has 0 spiro atoms. The Morgan fingerprint density at radius 3 is 2.71 bits per heavy atom. The number of aromatic amines is 1. The van der Waals surface area contributed by atoms with Crippen molar-refractivity contribution >= 4 is 39.7 Å². The molecule has 0 amide bonds. The fourth-order valence-electron chi connectivity index (χ4n) is 5.01. The third-order valence-corrected chi connectivity index (χ3v) is 7.26. The molecular formula is C28H31N8O2+. The number of hydrogen-bond acceptors (Lipinski definition) is 6. The van der Waals surface area contributed by atoms with Crippen molar-refractivity contribution in [2.24, 2.45) is 17.5 Å². The second-order valence-corrected chi connectivity index (χ2v) is 11.3. The highest BCUT2D eigenvalue weighted by Gasteiger charge is 2.38. The van der Waals surface area contributed by atoms with Crippen molar-refractivity contribution in [3.63, 3.8) is 0 Å². The van der Waals surface area contributed by atoms with E-state index < -0.39 is 0 Å². The lowest BCUT2D eigenvalue weighted by Gasteiger charge is -2.15. The van der Waals surface area contributed by atoms with Gasteiger partial charge in [0.05, 0.1) is 37.0 Å². The van der Waals surface area contributed by atoms with Crippen LogP contribution in [0.5, 0.6) is 11.5 Å². The second-order valence-electron chi connectivity index (χ2n) is 11.3. The van der Waals surface area contributed by atoms with Crippen LogP contribution in [0.2, 0.25) is 0 Å². The summed E-state index contributed by atoms with van der Waals surface area (Å²) in [6, 6.07) is 6.13. The number of aliphatic imine (C=N–C) groups is 1. The van der Waals surface area contributed by atoms with E-state index in [9.17, 15) is 0 Å². The van der Waals surface area contributed by atoms with Crippen molar-refractivity contribution in [3.8, 4) is 11.5 Å². The zero-order valence-electron chi connectivity index (χ0n) is 22.1. The minimum absolute atomic E-state index is 0.0578. The zero-order valence-corrected chi connectivity index (χ0v) is 22.1. The molecule has 0 atom stereocenters. The van der Waals surface area contributed by atoms with Gasteiger partial charge in [-0.15, -0.1) is 5.43 Å². The predicted octanol–water partition coefficient (Wildman–Crippen LogP) is 4.87. The summed E-state index contributed by atoms with van der Waals surface area (Å²) in [5, 5.41) is 1.06. The van der Waals surface area contributed by atoms with Crippen molar-refractivity contribution in [1.29, 1.82) is 0 Å². The molecule has 1 saturated carbocycles. The Kier molecular flexibility index (Phi) is 5.16. The summed E-state index contributed by atoms with van der Waals surface area (Å²) in [4.78, 5) is 22.0. The first kappa shape index (κ1) is 23.1. The Hall–Kier alpha value is -4.05. The lowest BCUT2D eigenvalue weighted by atomic mass is 9.92. The highest BCUT2D eigenvalue weighted by atomic mass is 16.5. The number of aryl methyl sites for hydroxylation is 1. The molecule has 0 radical (unpaired) electrons. The van der Waals surface area contributed by atoms with Crippen molar-refractivity contribution in [2.75, 3.05) is 13.2 Å². The Morgan fingerprint density at radius 2 is 1.95 bits per heavy atom. The monoisotopic (exact) mass is 511 g/mol. The minimum Gasteiger partial charge on any atom is -0.454 e. The van der Waals surface area contributed by atoms with Crippen LogP contribution in [0.4, 0.5) is 5.95 Å². The summed E-state index contributed by atoms with van der Waals surface area (Å²) >= 11 is 0. The normalized spacial score (nSPS) is 21.1. The highest BCUT2D eigenvalue weighted by molar-refractivity contribution is 5.97. The molecule has 2 fully saturated rings. The maximum atomic E-state index is 6.14. The van der Waals surface area contributed by atoms with Gasteiger partial charge in [0.1, 0.15) is 23.8 Å². The van der Waals surface area contributed by atoms with E-state index in [1.54, 1.807) is 12.4 Å². The van der Waals surface area contributed by atoms with Gasteiger partial charge in [-0.05, 0) is 30.9 Å². The number of hydrazine groups is 1. The first-order valence-electron chi connectivity index (χ1n) is 13.1. The summed E-state index contributed by atoms with van der Waals surface area (Å²) in [5.41, 5.74) is 9.35. The molecule has 194 valence electrons. The van der Waals surface area contributed by atoms with Crippen molar-refractivity contribution < 1.29 is 14.2 Å². The van der Waals surface area contributed by atoms with Crippen molar-refractivity contribution in [2.45, 2.75) is 46.0 Å². The molecule has 4 aromatic heterocycles. The van der Waals surface area contributed by atoms with Crippen LogP contribution >= 0.6 is 0 Å². The fourth-order valence-corrected chi connectivity index (χ4v) is 5.01. The zero-order chi connectivity index (χ0) is 26.0. The van der Waals surface area contributed by atoms with Crippen molar-refractivity contribution in [3.05, 3.63) is 48.1 Å². The highest BCUT2D eigenvalue weighted by Crippen LogP contribution is 2.40. The smallest absolute Gasteiger partial charge is 0.234 e. The molecule has 1 saturated heterocycles. The molecule has 7 rings (SSSR count). The Morgan fingerprint density at radius 1 is 1.13 bits per heavy atom. The standard InChI is InChI=1S/C28H31N8O2/c1-28(2,3)23-12-24(34-36(23)18-7-8-37-15-18)32-27-33-26-22(35(27)4)11-20(14-30-26)38-19-9-17-10-21(16-5-6-16)31-25(17)29-13-19/h9-14,16H,5-8,15H2,1-4H3,(H,29,31)(H,30,32,33,34)/q+1/b36-18+. The lowest BCUT2D eigenvalue weighted by molar-refractivity contribution is -0.528. The number of pyridine rings is 2. The van der Waals surface area contributed by atoms with Gasteiger partial charge < -0.3 is 19.0 Å². The number of H-pyrrole nitrogens is 1. The van der Waals surface area contributed by atoms with Gasteiger partial charge in [-0.25, -0.2) is 9.97 Å². The molecule has 2 N–H and O–H groups in total. The van der Waals surface area contributed by atoms with Gasteiger partial charge in [0.2, 0.25) is 17.4 Å². The number of nitrogens with one attached hydrogen (secondary N) is 2. The second kappa shape index (κ2) is 8.49. The van der Waals surface area contributed by atoms with E-state index in [-0.39, 0.29) is 5.41 Å². The molecule has 0 unspecified atom stereocenters. The Bertz CT molecular complexity index is 1670. The van der Waals surface area contributed by atoms with Gasteiger partial charge in [0.25, 0.3) is 0 Å². The van der Waals surface area contributed by atoms with Gasteiger partial charge in [0.15, 0.2) is 11.5 Å². The first-order chi connectivity index (χ1) is 18.3. The van der Waals surface area contributed by atoms with Crippen LogP contribution in [0.25, 0.3) is 22.2 Å². The number of amidine groups is 1. The van der Waals surface area contributed by atoms with Crippen LogP contribution in [0, 0.1) is 5.41 Å². The van der Waals surface area contributed by atoms with E-state index >= 15 is 0 Å². The first-order valence-corrected chi connectivity index (χ1v) is 13.1. The predicted molar refractivity (Wildman–Crippen MR) is 145 cm³/mol. The van der Waals surface area contributed by atoms with E-state index in [0.29, 0.717) is 35.6 Å². The largest absolute Gasteiger partial charge is 0.454 e. The topological polar surface area (TPSA) is 105 Å². The number of nitrogens with zero attached hydrogens (tertiary/aromatic N) is 6. The molecule has 10 nitrogen and oxygen atoms in total. The number of aromatic nitrogens is 5. The Balaban J connectivity index is 1.18. The maximum absolute atomic E-state index is 6.14. The Labute approximate surface area is 220 Å². The minimum atomic E-state index is -0.0578. The molecule has 0 bridgehead atoms. The summed E-state index contributed by atoms with van der Waals surface area (Å²) in [5.74, 6) is 3.24. The molecule has 3 aliphatic rings. The van der Waals surface area contributed by atoms with Crippen LogP contribution in [0.3, 0.4) is 0 Å². The SMILES string of the molecule is Cn1c(/N=C2C=C(C(C)(C)C)/[N+](=C3/CCOC3)N\2)nc2ncc(Oc3cnc4[nH]c(C5CC5)cc4c3)cc21. The number of rotatable bonds is 4.